The maximum Gasteiger partial charge on any atom is 0.417 e. The molecule has 20 heavy (non-hydrogen) atoms. The van der Waals surface area contributed by atoms with Gasteiger partial charge >= 0.3 is 6.09 Å². The van der Waals surface area contributed by atoms with Crippen LogP contribution in [-0.2, 0) is 9.53 Å². The van der Waals surface area contributed by atoms with Crippen LogP contribution in [-0.4, -0.2) is 53.4 Å². The number of likely N-dealkylation sites (tertiary alicyclic amines) is 1. The maximum atomic E-state index is 12.3. The lowest BCUT2D eigenvalue weighted by atomic mass is 10.2. The Morgan fingerprint density at radius 1 is 1.45 bits per heavy atom. The van der Waals surface area contributed by atoms with Crippen molar-refractivity contribution in [3.8, 4) is 0 Å². The quantitative estimate of drug-likeness (QED) is 0.823. The Kier molecular flexibility index (Phi) is 3.21. The van der Waals surface area contributed by atoms with Gasteiger partial charge in [-0.2, -0.15) is 0 Å². The third kappa shape index (κ3) is 2.18. The molecule has 3 heterocycles. The third-order valence-corrected chi connectivity index (χ3v) is 4.58. The van der Waals surface area contributed by atoms with Crippen molar-refractivity contribution in [3.05, 3.63) is 21.9 Å². The lowest BCUT2D eigenvalue weighted by molar-refractivity contribution is -0.127. The number of carbonyl (C=O) groups is 3. The first kappa shape index (κ1) is 13.1. The Morgan fingerprint density at radius 2 is 2.25 bits per heavy atom. The number of hydrogen-bond donors (Lipinski definition) is 0. The summed E-state index contributed by atoms with van der Waals surface area (Å²) in [6.45, 7) is 2.69. The molecule has 0 aromatic carbocycles. The van der Waals surface area contributed by atoms with Crippen molar-refractivity contribution in [2.75, 3.05) is 19.7 Å². The SMILES string of the molecule is Cc1csc(C(=O)N2CC[C@H](N3C(=O)COC3=O)C2)c1. The van der Waals surface area contributed by atoms with Crippen LogP contribution in [0.15, 0.2) is 11.4 Å². The Morgan fingerprint density at radius 3 is 2.85 bits per heavy atom. The minimum absolute atomic E-state index is 0.0365. The van der Waals surface area contributed by atoms with E-state index in [0.717, 1.165) is 10.5 Å². The number of ether oxygens (including phenoxy) is 1. The molecular weight excluding hydrogens is 280 g/mol. The minimum atomic E-state index is -0.596. The average molecular weight is 294 g/mol. The molecule has 3 rings (SSSR count). The first-order chi connectivity index (χ1) is 9.56. The summed E-state index contributed by atoms with van der Waals surface area (Å²) in [7, 11) is 0. The van der Waals surface area contributed by atoms with Crippen LogP contribution in [0.5, 0.6) is 0 Å². The van der Waals surface area contributed by atoms with E-state index in [1.165, 1.54) is 11.3 Å². The second-order valence-electron chi connectivity index (χ2n) is 5.00. The molecule has 1 atom stereocenters. The van der Waals surface area contributed by atoms with Gasteiger partial charge in [0, 0.05) is 13.1 Å². The van der Waals surface area contributed by atoms with Gasteiger partial charge in [-0.25, -0.2) is 9.69 Å². The number of hydrogen-bond acceptors (Lipinski definition) is 5. The second kappa shape index (κ2) is 4.90. The number of amides is 3. The molecule has 2 aliphatic heterocycles. The van der Waals surface area contributed by atoms with E-state index in [-0.39, 0.29) is 24.5 Å². The standard InChI is InChI=1S/C13H14N2O4S/c1-8-4-10(20-7-8)12(17)14-3-2-9(5-14)15-11(16)6-19-13(15)18/h4,7,9H,2-3,5-6H2,1H3/t9-/m0/s1. The van der Waals surface area contributed by atoms with Crippen molar-refractivity contribution in [3.63, 3.8) is 0 Å². The molecular formula is C13H14N2O4S. The van der Waals surface area contributed by atoms with Crippen molar-refractivity contribution >= 4 is 29.2 Å². The number of aryl methyl sites for hydroxylation is 1. The molecule has 1 aromatic rings. The predicted molar refractivity (Wildman–Crippen MR) is 71.6 cm³/mol. The van der Waals surface area contributed by atoms with Crippen LogP contribution < -0.4 is 0 Å². The number of imide groups is 1. The fraction of sp³-hybridized carbons (Fsp3) is 0.462. The van der Waals surface area contributed by atoms with Gasteiger partial charge in [-0.05, 0) is 30.4 Å². The zero-order valence-electron chi connectivity index (χ0n) is 11.0. The third-order valence-electron chi connectivity index (χ3n) is 3.54. The van der Waals surface area contributed by atoms with Crippen molar-refractivity contribution in [2.24, 2.45) is 0 Å². The van der Waals surface area contributed by atoms with Crippen LogP contribution in [0.2, 0.25) is 0 Å². The summed E-state index contributed by atoms with van der Waals surface area (Å²) in [4.78, 5) is 38.9. The minimum Gasteiger partial charge on any atom is -0.439 e. The molecule has 0 unspecified atom stereocenters. The molecule has 1 aromatic heterocycles. The molecule has 6 nitrogen and oxygen atoms in total. The van der Waals surface area contributed by atoms with Crippen LogP contribution in [0.1, 0.15) is 21.7 Å². The first-order valence-corrected chi connectivity index (χ1v) is 7.27. The van der Waals surface area contributed by atoms with Crippen molar-refractivity contribution in [1.82, 2.24) is 9.80 Å². The van der Waals surface area contributed by atoms with E-state index in [1.54, 1.807) is 4.90 Å². The van der Waals surface area contributed by atoms with E-state index in [4.69, 9.17) is 4.74 Å². The monoisotopic (exact) mass is 294 g/mol. The van der Waals surface area contributed by atoms with Gasteiger partial charge in [0.25, 0.3) is 11.8 Å². The number of nitrogens with zero attached hydrogens (tertiary/aromatic N) is 2. The van der Waals surface area contributed by atoms with Crippen molar-refractivity contribution in [2.45, 2.75) is 19.4 Å². The molecule has 2 saturated heterocycles. The molecule has 0 spiro atoms. The van der Waals surface area contributed by atoms with E-state index in [2.05, 4.69) is 0 Å². The van der Waals surface area contributed by atoms with E-state index in [9.17, 15) is 14.4 Å². The molecule has 0 bridgehead atoms. The van der Waals surface area contributed by atoms with Crippen LogP contribution in [0.4, 0.5) is 4.79 Å². The van der Waals surface area contributed by atoms with Crippen LogP contribution in [0.25, 0.3) is 0 Å². The van der Waals surface area contributed by atoms with Gasteiger partial charge < -0.3 is 9.64 Å². The number of rotatable bonds is 2. The predicted octanol–water partition coefficient (Wildman–Crippen LogP) is 1.25. The smallest absolute Gasteiger partial charge is 0.417 e. The van der Waals surface area contributed by atoms with Gasteiger partial charge in [0.1, 0.15) is 0 Å². The molecule has 2 aliphatic rings. The van der Waals surface area contributed by atoms with E-state index >= 15 is 0 Å². The van der Waals surface area contributed by atoms with E-state index in [0.29, 0.717) is 24.4 Å². The van der Waals surface area contributed by atoms with Crippen LogP contribution in [0, 0.1) is 6.92 Å². The summed E-state index contributed by atoms with van der Waals surface area (Å²) in [5.41, 5.74) is 1.06. The van der Waals surface area contributed by atoms with E-state index < -0.39 is 6.09 Å². The molecule has 3 amide bonds. The second-order valence-corrected chi connectivity index (χ2v) is 5.91. The largest absolute Gasteiger partial charge is 0.439 e. The highest BCUT2D eigenvalue weighted by atomic mass is 32.1. The fourth-order valence-corrected chi connectivity index (χ4v) is 3.42. The normalized spacial score (nSPS) is 22.6. The van der Waals surface area contributed by atoms with Gasteiger partial charge in [0.05, 0.1) is 10.9 Å². The maximum absolute atomic E-state index is 12.3. The zero-order valence-corrected chi connectivity index (χ0v) is 11.8. The number of cyclic esters (lactones) is 1. The summed E-state index contributed by atoms with van der Waals surface area (Å²) in [5.74, 6) is -0.355. The highest BCUT2D eigenvalue weighted by molar-refractivity contribution is 7.12. The van der Waals surface area contributed by atoms with Crippen molar-refractivity contribution < 1.29 is 19.1 Å². The number of thiophene rings is 1. The van der Waals surface area contributed by atoms with Crippen LogP contribution >= 0.6 is 11.3 Å². The average Bonchev–Trinajstić information content (AvgIpc) is 3.10. The molecule has 0 saturated carbocycles. The lowest BCUT2D eigenvalue weighted by Crippen LogP contribution is -2.41. The highest BCUT2D eigenvalue weighted by Gasteiger charge is 2.41. The molecule has 0 N–H and O–H groups in total. The van der Waals surface area contributed by atoms with Gasteiger partial charge in [-0.3, -0.25) is 9.59 Å². The van der Waals surface area contributed by atoms with Gasteiger partial charge in [0.2, 0.25) is 0 Å². The Hall–Kier alpha value is -1.89. The molecule has 2 fully saturated rings. The van der Waals surface area contributed by atoms with Gasteiger partial charge in [-0.15, -0.1) is 11.3 Å². The topological polar surface area (TPSA) is 66.9 Å². The van der Waals surface area contributed by atoms with Gasteiger partial charge in [0.15, 0.2) is 6.61 Å². The number of carbonyl (C=O) groups excluding carboxylic acids is 3. The molecule has 0 aliphatic carbocycles. The fourth-order valence-electron chi connectivity index (χ4n) is 2.55. The Bertz CT molecular complexity index is 567. The van der Waals surface area contributed by atoms with E-state index in [1.807, 2.05) is 18.4 Å². The molecule has 0 radical (unpaired) electrons. The highest BCUT2D eigenvalue weighted by Crippen LogP contribution is 2.23. The van der Waals surface area contributed by atoms with Crippen LogP contribution in [0.3, 0.4) is 0 Å². The Labute approximate surface area is 119 Å². The summed E-state index contributed by atoms with van der Waals surface area (Å²) < 4.78 is 4.71. The lowest BCUT2D eigenvalue weighted by Gasteiger charge is -2.20. The van der Waals surface area contributed by atoms with Gasteiger partial charge in [-0.1, -0.05) is 0 Å². The summed E-state index contributed by atoms with van der Waals surface area (Å²) >= 11 is 1.42. The summed E-state index contributed by atoms with van der Waals surface area (Å²) in [5, 5.41) is 1.93. The molecule has 7 heteroatoms. The van der Waals surface area contributed by atoms with Crippen molar-refractivity contribution in [1.29, 1.82) is 0 Å². The molecule has 106 valence electrons. The zero-order chi connectivity index (χ0) is 14.3. The summed E-state index contributed by atoms with van der Waals surface area (Å²) in [6.07, 6.45) is 0.0120. The first-order valence-electron chi connectivity index (χ1n) is 6.39. The Balaban J connectivity index is 1.69. The summed E-state index contributed by atoms with van der Waals surface area (Å²) in [6, 6.07) is 1.60.